The summed E-state index contributed by atoms with van der Waals surface area (Å²) in [6.07, 6.45) is 11.3. The smallest absolute Gasteiger partial charge is 0.229 e. The quantitative estimate of drug-likeness (QED) is 0.712. The van der Waals surface area contributed by atoms with Crippen LogP contribution in [-0.2, 0) is 4.79 Å². The van der Waals surface area contributed by atoms with Gasteiger partial charge in [0.2, 0.25) is 5.91 Å². The molecule has 5 rings (SSSR count). The van der Waals surface area contributed by atoms with Crippen LogP contribution >= 0.6 is 11.6 Å². The first kappa shape index (κ1) is 14.4. The minimum atomic E-state index is -0.0134. The fourth-order valence-corrected chi connectivity index (χ4v) is 6.70. The summed E-state index contributed by atoms with van der Waals surface area (Å²) in [7, 11) is 0. The van der Waals surface area contributed by atoms with E-state index in [1.54, 1.807) is 0 Å². The zero-order valence-electron chi connectivity index (χ0n) is 13.2. The van der Waals surface area contributed by atoms with E-state index in [0.29, 0.717) is 23.2 Å². The average Bonchev–Trinajstić information content (AvgIpc) is 2.32. The number of amides is 1. The van der Waals surface area contributed by atoms with Crippen LogP contribution in [0.1, 0.15) is 64.7 Å². The normalized spacial score (nSPS) is 44.7. The molecule has 0 aromatic carbocycles. The fraction of sp³-hybridized carbons (Fsp3) is 0.944. The van der Waals surface area contributed by atoms with Gasteiger partial charge in [0.25, 0.3) is 0 Å². The average molecular weight is 310 g/mol. The predicted octanol–water partition coefficient (Wildman–Crippen LogP) is 4.21. The van der Waals surface area contributed by atoms with Gasteiger partial charge < -0.3 is 4.90 Å². The monoisotopic (exact) mass is 309 g/mol. The second-order valence-corrected chi connectivity index (χ2v) is 9.20. The molecule has 0 heterocycles. The number of carbonyl (C=O) groups excluding carboxylic acids is 1. The third-order valence-electron chi connectivity index (χ3n) is 6.91. The molecule has 2 unspecified atom stereocenters. The molecule has 2 nitrogen and oxygen atoms in total. The minimum absolute atomic E-state index is 0.0134. The molecule has 3 heteroatoms. The molecule has 4 bridgehead atoms. The van der Waals surface area contributed by atoms with Gasteiger partial charge in [0, 0.05) is 18.5 Å². The lowest BCUT2D eigenvalue weighted by molar-refractivity contribution is -0.169. The van der Waals surface area contributed by atoms with Gasteiger partial charge in [-0.25, -0.2) is 0 Å². The van der Waals surface area contributed by atoms with Gasteiger partial charge in [-0.3, -0.25) is 4.79 Å². The second kappa shape index (κ2) is 4.88. The van der Waals surface area contributed by atoms with Crippen LogP contribution < -0.4 is 0 Å². The Morgan fingerprint density at radius 1 is 1.19 bits per heavy atom. The molecule has 5 fully saturated rings. The summed E-state index contributed by atoms with van der Waals surface area (Å²) in [6.45, 7) is 3.21. The summed E-state index contributed by atoms with van der Waals surface area (Å²) in [5.74, 6) is 2.70. The van der Waals surface area contributed by atoms with Crippen molar-refractivity contribution in [1.82, 2.24) is 4.90 Å². The second-order valence-electron chi connectivity index (χ2n) is 8.82. The Hall–Kier alpha value is -0.240. The van der Waals surface area contributed by atoms with E-state index in [-0.39, 0.29) is 5.41 Å². The lowest BCUT2D eigenvalue weighted by Crippen LogP contribution is -2.59. The molecule has 5 aliphatic carbocycles. The van der Waals surface area contributed by atoms with Crippen molar-refractivity contribution in [1.29, 1.82) is 0 Å². The molecule has 118 valence electrons. The molecule has 0 radical (unpaired) electrons. The molecule has 2 atom stereocenters. The van der Waals surface area contributed by atoms with E-state index in [1.807, 2.05) is 0 Å². The van der Waals surface area contributed by atoms with Crippen LogP contribution in [0.5, 0.6) is 0 Å². The third-order valence-corrected chi connectivity index (χ3v) is 7.08. The lowest BCUT2D eigenvalue weighted by atomic mass is 9.44. The highest BCUT2D eigenvalue weighted by atomic mass is 35.5. The SMILES string of the molecule is CC12CC3CC(C1)CC(C(=O)N(CCCl)C1CCC1)(C3)C2. The van der Waals surface area contributed by atoms with Crippen molar-refractivity contribution < 1.29 is 4.79 Å². The molecule has 21 heavy (non-hydrogen) atoms. The first-order chi connectivity index (χ1) is 10.0. The fourth-order valence-electron chi connectivity index (χ4n) is 6.51. The van der Waals surface area contributed by atoms with E-state index in [2.05, 4.69) is 11.8 Å². The van der Waals surface area contributed by atoms with Crippen LogP contribution in [0.3, 0.4) is 0 Å². The number of hydrogen-bond acceptors (Lipinski definition) is 1. The van der Waals surface area contributed by atoms with E-state index >= 15 is 0 Å². The molecule has 0 aliphatic heterocycles. The summed E-state index contributed by atoms with van der Waals surface area (Å²) >= 11 is 6.01. The maximum atomic E-state index is 13.4. The molecule has 1 amide bonds. The highest BCUT2D eigenvalue weighted by Gasteiger charge is 2.59. The zero-order valence-corrected chi connectivity index (χ0v) is 14.0. The highest BCUT2D eigenvalue weighted by molar-refractivity contribution is 6.18. The Labute approximate surface area is 133 Å². The molecule has 0 aromatic heterocycles. The van der Waals surface area contributed by atoms with Crippen LogP contribution in [0.4, 0.5) is 0 Å². The lowest BCUT2D eigenvalue weighted by Gasteiger charge is -2.61. The van der Waals surface area contributed by atoms with Crippen LogP contribution in [0.2, 0.25) is 0 Å². The van der Waals surface area contributed by atoms with Gasteiger partial charge in [0.15, 0.2) is 0 Å². The minimum Gasteiger partial charge on any atom is -0.338 e. The number of alkyl halides is 1. The van der Waals surface area contributed by atoms with Gasteiger partial charge in [-0.2, -0.15) is 0 Å². The molecular formula is C18H28ClNO. The number of rotatable bonds is 4. The number of nitrogens with zero attached hydrogens (tertiary/aromatic N) is 1. The standard InChI is InChI=1S/C18H28ClNO/c1-17-8-13-7-14(9-17)11-18(10-13,12-17)16(21)20(6-5-19)15-3-2-4-15/h13-15H,2-12H2,1H3. The molecule has 5 aliphatic rings. The summed E-state index contributed by atoms with van der Waals surface area (Å²) < 4.78 is 0. The Kier molecular flexibility index (Phi) is 3.33. The molecular weight excluding hydrogens is 282 g/mol. The van der Waals surface area contributed by atoms with Crippen molar-refractivity contribution in [3.63, 3.8) is 0 Å². The predicted molar refractivity (Wildman–Crippen MR) is 85.3 cm³/mol. The number of hydrogen-bond donors (Lipinski definition) is 0. The maximum Gasteiger partial charge on any atom is 0.229 e. The van der Waals surface area contributed by atoms with Crippen molar-refractivity contribution >= 4 is 17.5 Å². The maximum absolute atomic E-state index is 13.4. The van der Waals surface area contributed by atoms with Gasteiger partial charge in [-0.15, -0.1) is 11.6 Å². The van der Waals surface area contributed by atoms with Gasteiger partial charge in [-0.1, -0.05) is 6.92 Å². The first-order valence-corrected chi connectivity index (χ1v) is 9.44. The van der Waals surface area contributed by atoms with Crippen molar-refractivity contribution in [2.24, 2.45) is 22.7 Å². The number of halogens is 1. The van der Waals surface area contributed by atoms with E-state index in [4.69, 9.17) is 11.6 Å². The van der Waals surface area contributed by atoms with Crippen LogP contribution in [-0.4, -0.2) is 29.3 Å². The van der Waals surface area contributed by atoms with Crippen molar-refractivity contribution in [2.45, 2.75) is 70.8 Å². The van der Waals surface area contributed by atoms with Gasteiger partial charge >= 0.3 is 0 Å². The summed E-state index contributed by atoms with van der Waals surface area (Å²) in [6, 6.07) is 0.497. The molecule has 0 saturated heterocycles. The highest BCUT2D eigenvalue weighted by Crippen LogP contribution is 2.65. The zero-order chi connectivity index (χ0) is 14.7. The van der Waals surface area contributed by atoms with E-state index in [1.165, 1.54) is 51.4 Å². The largest absolute Gasteiger partial charge is 0.338 e. The van der Waals surface area contributed by atoms with Gasteiger partial charge in [-0.05, 0) is 75.0 Å². The van der Waals surface area contributed by atoms with Crippen LogP contribution in [0.25, 0.3) is 0 Å². The van der Waals surface area contributed by atoms with Crippen molar-refractivity contribution in [2.75, 3.05) is 12.4 Å². The Morgan fingerprint density at radius 2 is 1.86 bits per heavy atom. The summed E-state index contributed by atoms with van der Waals surface area (Å²) in [5, 5.41) is 0. The van der Waals surface area contributed by atoms with Gasteiger partial charge in [0.05, 0.1) is 5.41 Å². The Morgan fingerprint density at radius 3 is 2.33 bits per heavy atom. The molecule has 0 N–H and O–H groups in total. The first-order valence-electron chi connectivity index (χ1n) is 8.91. The molecule has 0 aromatic rings. The molecule has 0 spiro atoms. The van der Waals surface area contributed by atoms with Crippen LogP contribution in [0.15, 0.2) is 0 Å². The summed E-state index contributed by atoms with van der Waals surface area (Å²) in [4.78, 5) is 15.6. The van der Waals surface area contributed by atoms with Crippen LogP contribution in [0, 0.1) is 22.7 Å². The third kappa shape index (κ3) is 2.24. The van der Waals surface area contributed by atoms with E-state index < -0.39 is 0 Å². The molecule has 5 saturated carbocycles. The van der Waals surface area contributed by atoms with Crippen molar-refractivity contribution in [3.05, 3.63) is 0 Å². The summed E-state index contributed by atoms with van der Waals surface area (Å²) in [5.41, 5.74) is 0.437. The Bertz CT molecular complexity index is 430. The van der Waals surface area contributed by atoms with Gasteiger partial charge in [0.1, 0.15) is 0 Å². The van der Waals surface area contributed by atoms with E-state index in [9.17, 15) is 4.79 Å². The topological polar surface area (TPSA) is 20.3 Å². The van der Waals surface area contributed by atoms with Crippen molar-refractivity contribution in [3.8, 4) is 0 Å². The number of carbonyl (C=O) groups is 1. The van der Waals surface area contributed by atoms with E-state index in [0.717, 1.165) is 24.8 Å². The Balaban J connectivity index is 1.60.